The van der Waals surface area contributed by atoms with E-state index in [9.17, 15) is 9.59 Å². The van der Waals surface area contributed by atoms with Crippen molar-refractivity contribution >= 4 is 11.9 Å². The topological polar surface area (TPSA) is 94.0 Å². The first-order valence-corrected chi connectivity index (χ1v) is 9.41. The highest BCUT2D eigenvalue weighted by Gasteiger charge is 2.27. The Morgan fingerprint density at radius 2 is 1.85 bits per heavy atom. The molecule has 1 aliphatic rings. The Hall–Kier alpha value is -2.55. The van der Waals surface area contributed by atoms with Crippen LogP contribution in [-0.4, -0.2) is 31.1 Å². The minimum absolute atomic E-state index is 0.000504. The van der Waals surface area contributed by atoms with E-state index >= 15 is 0 Å². The van der Waals surface area contributed by atoms with Crippen LogP contribution < -0.4 is 16.0 Å². The van der Waals surface area contributed by atoms with E-state index in [0.29, 0.717) is 12.5 Å². The predicted molar refractivity (Wildman–Crippen MR) is 100 cm³/mol. The summed E-state index contributed by atoms with van der Waals surface area (Å²) in [6.07, 6.45) is 6.54. The molecule has 0 aromatic heterocycles. The van der Waals surface area contributed by atoms with Crippen LogP contribution in [0.1, 0.15) is 44.1 Å². The van der Waals surface area contributed by atoms with Crippen molar-refractivity contribution in [2.75, 3.05) is 13.1 Å². The maximum atomic E-state index is 12.3. The minimum atomic E-state index is -0.232. The number of amides is 3. The van der Waals surface area contributed by atoms with E-state index in [2.05, 4.69) is 16.0 Å². The summed E-state index contributed by atoms with van der Waals surface area (Å²) >= 11 is 0. The average molecular weight is 356 g/mol. The van der Waals surface area contributed by atoms with Crippen molar-refractivity contribution in [2.45, 2.75) is 51.0 Å². The number of hydrogen-bond acceptors (Lipinski definition) is 3. The lowest BCUT2D eigenvalue weighted by Gasteiger charge is -2.30. The quantitative estimate of drug-likeness (QED) is 0.625. The lowest BCUT2D eigenvalue weighted by Crippen LogP contribution is -2.48. The molecule has 0 bridgehead atoms. The molecular formula is C20H28N4O2. The number of rotatable bonds is 8. The van der Waals surface area contributed by atoms with Crippen LogP contribution in [0.3, 0.4) is 0 Å². The fraction of sp³-hybridized carbons (Fsp3) is 0.550. The molecule has 2 rings (SSSR count). The molecule has 0 radical (unpaired) electrons. The molecule has 1 unspecified atom stereocenters. The molecule has 1 aliphatic carbocycles. The third-order valence-electron chi connectivity index (χ3n) is 4.85. The molecule has 0 saturated heterocycles. The maximum absolute atomic E-state index is 12.3. The maximum Gasteiger partial charge on any atom is 0.315 e. The van der Waals surface area contributed by atoms with Gasteiger partial charge in [0.15, 0.2) is 0 Å². The van der Waals surface area contributed by atoms with Gasteiger partial charge in [-0.25, -0.2) is 4.79 Å². The Kier molecular flexibility index (Phi) is 8.47. The van der Waals surface area contributed by atoms with Crippen molar-refractivity contribution in [1.82, 2.24) is 16.0 Å². The van der Waals surface area contributed by atoms with Gasteiger partial charge in [-0.15, -0.1) is 0 Å². The van der Waals surface area contributed by atoms with Gasteiger partial charge in [0.05, 0.1) is 6.07 Å². The van der Waals surface area contributed by atoms with Gasteiger partial charge in [0.2, 0.25) is 5.91 Å². The molecule has 0 spiro atoms. The third kappa shape index (κ3) is 7.14. The van der Waals surface area contributed by atoms with E-state index < -0.39 is 0 Å². The number of benzene rings is 1. The molecule has 1 aromatic carbocycles. The molecular weight excluding hydrogens is 328 g/mol. The summed E-state index contributed by atoms with van der Waals surface area (Å²) in [5, 5.41) is 17.0. The number of nitrogens with one attached hydrogen (secondary N) is 3. The molecule has 140 valence electrons. The van der Waals surface area contributed by atoms with Gasteiger partial charge in [-0.1, -0.05) is 49.6 Å². The number of carbonyl (C=O) groups excluding carboxylic acids is 2. The highest BCUT2D eigenvalue weighted by molar-refractivity contribution is 5.79. The molecule has 0 heterocycles. The van der Waals surface area contributed by atoms with Gasteiger partial charge < -0.3 is 16.0 Å². The van der Waals surface area contributed by atoms with E-state index in [1.165, 1.54) is 12.0 Å². The SMILES string of the molecule is N#CCNC(=O)CC(NC(=O)NCCc1ccccc1)C1CCCCC1. The van der Waals surface area contributed by atoms with Crippen molar-refractivity contribution in [3.8, 4) is 6.07 Å². The van der Waals surface area contributed by atoms with Crippen molar-refractivity contribution in [3.63, 3.8) is 0 Å². The Balaban J connectivity index is 1.82. The van der Waals surface area contributed by atoms with E-state index in [1.807, 2.05) is 36.4 Å². The van der Waals surface area contributed by atoms with Gasteiger partial charge in [-0.05, 0) is 30.7 Å². The smallest absolute Gasteiger partial charge is 0.315 e. The summed E-state index contributed by atoms with van der Waals surface area (Å²) in [6, 6.07) is 11.5. The van der Waals surface area contributed by atoms with Crippen molar-refractivity contribution < 1.29 is 9.59 Å². The lowest BCUT2D eigenvalue weighted by molar-refractivity contribution is -0.121. The van der Waals surface area contributed by atoms with Gasteiger partial charge in [0.25, 0.3) is 0 Å². The Morgan fingerprint density at radius 3 is 2.54 bits per heavy atom. The van der Waals surface area contributed by atoms with Gasteiger partial charge in [0, 0.05) is 19.0 Å². The van der Waals surface area contributed by atoms with Gasteiger partial charge in [0.1, 0.15) is 6.54 Å². The molecule has 0 aliphatic heterocycles. The zero-order valence-corrected chi connectivity index (χ0v) is 15.2. The summed E-state index contributed by atoms with van der Waals surface area (Å²) in [5.74, 6) is 0.128. The van der Waals surface area contributed by atoms with Gasteiger partial charge in [-0.3, -0.25) is 4.79 Å². The van der Waals surface area contributed by atoms with E-state index in [0.717, 1.165) is 32.1 Å². The van der Waals surface area contributed by atoms with E-state index in [1.54, 1.807) is 0 Å². The summed E-state index contributed by atoms with van der Waals surface area (Å²) in [7, 11) is 0. The molecule has 6 heteroatoms. The second-order valence-electron chi connectivity index (χ2n) is 6.78. The van der Waals surface area contributed by atoms with Crippen LogP contribution in [-0.2, 0) is 11.2 Å². The van der Waals surface area contributed by atoms with Crippen LogP contribution in [0.25, 0.3) is 0 Å². The summed E-state index contributed by atoms with van der Waals surface area (Å²) in [4.78, 5) is 24.3. The average Bonchev–Trinajstić information content (AvgIpc) is 2.67. The molecule has 1 aromatic rings. The van der Waals surface area contributed by atoms with Gasteiger partial charge in [-0.2, -0.15) is 5.26 Å². The first-order chi connectivity index (χ1) is 12.7. The predicted octanol–water partition coefficient (Wildman–Crippen LogP) is 2.51. The Morgan fingerprint density at radius 1 is 1.12 bits per heavy atom. The Labute approximate surface area is 155 Å². The van der Waals surface area contributed by atoms with Crippen molar-refractivity contribution in [2.24, 2.45) is 5.92 Å². The summed E-state index contributed by atoms with van der Waals surface area (Å²) in [5.41, 5.74) is 1.17. The van der Waals surface area contributed by atoms with E-state index in [4.69, 9.17) is 5.26 Å². The number of nitriles is 1. The minimum Gasteiger partial charge on any atom is -0.343 e. The summed E-state index contributed by atoms with van der Waals surface area (Å²) in [6.45, 7) is 0.549. The van der Waals surface area contributed by atoms with Crippen LogP contribution in [0.4, 0.5) is 4.79 Å². The highest BCUT2D eigenvalue weighted by atomic mass is 16.2. The van der Waals surface area contributed by atoms with Crippen LogP contribution in [0, 0.1) is 17.2 Å². The summed E-state index contributed by atoms with van der Waals surface area (Å²) < 4.78 is 0. The Bertz CT molecular complexity index is 606. The molecule has 1 fully saturated rings. The molecule has 6 nitrogen and oxygen atoms in total. The molecule has 26 heavy (non-hydrogen) atoms. The fourth-order valence-corrected chi connectivity index (χ4v) is 3.47. The first-order valence-electron chi connectivity index (χ1n) is 9.41. The van der Waals surface area contributed by atoms with Gasteiger partial charge >= 0.3 is 6.03 Å². The monoisotopic (exact) mass is 356 g/mol. The molecule has 1 atom stereocenters. The second kappa shape index (κ2) is 11.1. The standard InChI is InChI=1S/C20H28N4O2/c21-12-14-22-19(25)15-18(17-9-5-2-6-10-17)24-20(26)23-13-11-16-7-3-1-4-8-16/h1,3-4,7-8,17-18H,2,5-6,9-11,13-15H2,(H,22,25)(H2,23,24,26). The molecule has 3 N–H and O–H groups in total. The van der Waals surface area contributed by atoms with E-state index in [-0.39, 0.29) is 30.9 Å². The zero-order valence-electron chi connectivity index (χ0n) is 15.2. The highest BCUT2D eigenvalue weighted by Crippen LogP contribution is 2.27. The first kappa shape index (κ1) is 19.8. The normalized spacial score (nSPS) is 15.5. The number of nitrogens with zero attached hydrogens (tertiary/aromatic N) is 1. The fourth-order valence-electron chi connectivity index (χ4n) is 3.47. The van der Waals surface area contributed by atoms with Crippen LogP contribution >= 0.6 is 0 Å². The second-order valence-corrected chi connectivity index (χ2v) is 6.78. The molecule has 3 amide bonds. The van der Waals surface area contributed by atoms with Crippen LogP contribution in [0.5, 0.6) is 0 Å². The number of urea groups is 1. The lowest BCUT2D eigenvalue weighted by atomic mass is 9.82. The largest absolute Gasteiger partial charge is 0.343 e. The van der Waals surface area contributed by atoms with Crippen LogP contribution in [0.15, 0.2) is 30.3 Å². The third-order valence-corrected chi connectivity index (χ3v) is 4.85. The number of hydrogen-bond donors (Lipinski definition) is 3. The van der Waals surface area contributed by atoms with Crippen LogP contribution in [0.2, 0.25) is 0 Å². The number of carbonyl (C=O) groups is 2. The van der Waals surface area contributed by atoms with Crippen molar-refractivity contribution in [1.29, 1.82) is 5.26 Å². The van der Waals surface area contributed by atoms with Crippen molar-refractivity contribution in [3.05, 3.63) is 35.9 Å². The zero-order chi connectivity index (χ0) is 18.6. The molecule has 1 saturated carbocycles.